The first-order valence-electron chi connectivity index (χ1n) is 5.37. The van der Waals surface area contributed by atoms with Crippen molar-refractivity contribution >= 4 is 17.4 Å². The molecule has 0 radical (unpaired) electrons. The number of anilines is 1. The Bertz CT molecular complexity index is 469. The number of nitrogens with one attached hydrogen (secondary N) is 1. The Morgan fingerprint density at radius 2 is 2.12 bits per heavy atom. The largest absolute Gasteiger partial charge is 0.478 e. The molecule has 90 valence electrons. The molecular weight excluding hydrogens is 225 g/mol. The van der Waals surface area contributed by atoms with E-state index < -0.39 is 17.3 Å². The predicted molar refractivity (Wildman–Crippen MR) is 59.6 cm³/mol. The van der Waals surface area contributed by atoms with E-state index in [0.717, 1.165) is 18.9 Å². The quantitative estimate of drug-likeness (QED) is 0.821. The summed E-state index contributed by atoms with van der Waals surface area (Å²) < 4.78 is 13.1. The zero-order valence-corrected chi connectivity index (χ0v) is 9.07. The number of ketones is 1. The fraction of sp³-hybridized carbons (Fsp3) is 0.333. The summed E-state index contributed by atoms with van der Waals surface area (Å²) in [6.07, 6.45) is 1.87. The number of benzene rings is 1. The molecule has 2 rings (SSSR count). The molecule has 0 atom stereocenters. The summed E-state index contributed by atoms with van der Waals surface area (Å²) in [5, 5.41) is 11.5. The molecule has 1 aliphatic carbocycles. The van der Waals surface area contributed by atoms with Crippen molar-refractivity contribution in [3.63, 3.8) is 0 Å². The average Bonchev–Trinajstić information content (AvgIpc) is 3.11. The van der Waals surface area contributed by atoms with Crippen LogP contribution in [-0.4, -0.2) is 23.4 Å². The number of carboxylic acid groups (broad SMARTS) is 1. The molecule has 5 heteroatoms. The third kappa shape index (κ3) is 2.81. The van der Waals surface area contributed by atoms with Crippen LogP contribution < -0.4 is 5.32 Å². The monoisotopic (exact) mass is 237 g/mol. The van der Waals surface area contributed by atoms with Gasteiger partial charge >= 0.3 is 5.97 Å². The maximum atomic E-state index is 13.1. The van der Waals surface area contributed by atoms with Crippen LogP contribution in [0, 0.1) is 11.7 Å². The standard InChI is InChI=1S/C12H12FNO3/c13-10-4-3-8(5-9(10)12(16)17)14-6-11(15)7-1-2-7/h3-5,7,14H,1-2,6H2,(H,16,17). The lowest BCUT2D eigenvalue weighted by atomic mass is 10.2. The van der Waals surface area contributed by atoms with Gasteiger partial charge in [-0.05, 0) is 31.0 Å². The van der Waals surface area contributed by atoms with Crippen molar-refractivity contribution < 1.29 is 19.1 Å². The number of aromatic carboxylic acids is 1. The van der Waals surface area contributed by atoms with Crippen LogP contribution in [0.2, 0.25) is 0 Å². The fourth-order valence-corrected chi connectivity index (χ4v) is 1.54. The molecule has 2 N–H and O–H groups in total. The average molecular weight is 237 g/mol. The van der Waals surface area contributed by atoms with Crippen molar-refractivity contribution in [2.45, 2.75) is 12.8 Å². The van der Waals surface area contributed by atoms with E-state index >= 15 is 0 Å². The maximum Gasteiger partial charge on any atom is 0.338 e. The van der Waals surface area contributed by atoms with Gasteiger partial charge in [-0.2, -0.15) is 0 Å². The van der Waals surface area contributed by atoms with E-state index in [4.69, 9.17) is 5.11 Å². The summed E-state index contributed by atoms with van der Waals surface area (Å²) >= 11 is 0. The van der Waals surface area contributed by atoms with Gasteiger partial charge in [0.1, 0.15) is 5.82 Å². The van der Waals surface area contributed by atoms with Crippen molar-refractivity contribution in [2.24, 2.45) is 5.92 Å². The fourth-order valence-electron chi connectivity index (χ4n) is 1.54. The first-order valence-corrected chi connectivity index (χ1v) is 5.37. The maximum absolute atomic E-state index is 13.1. The van der Waals surface area contributed by atoms with E-state index in [1.165, 1.54) is 12.1 Å². The van der Waals surface area contributed by atoms with Crippen LogP contribution in [0.3, 0.4) is 0 Å². The van der Waals surface area contributed by atoms with Gasteiger partial charge < -0.3 is 10.4 Å². The van der Waals surface area contributed by atoms with Crippen molar-refractivity contribution in [3.05, 3.63) is 29.6 Å². The first-order chi connectivity index (χ1) is 8.08. The van der Waals surface area contributed by atoms with E-state index in [1.807, 2.05) is 0 Å². The van der Waals surface area contributed by atoms with Crippen LogP contribution in [0.25, 0.3) is 0 Å². The smallest absolute Gasteiger partial charge is 0.338 e. The second-order valence-corrected chi connectivity index (χ2v) is 4.09. The lowest BCUT2D eigenvalue weighted by Crippen LogP contribution is -2.15. The van der Waals surface area contributed by atoms with Gasteiger partial charge in [-0.1, -0.05) is 0 Å². The number of carbonyl (C=O) groups excluding carboxylic acids is 1. The molecule has 0 spiro atoms. The number of carbonyl (C=O) groups is 2. The van der Waals surface area contributed by atoms with Crippen molar-refractivity contribution in [2.75, 3.05) is 11.9 Å². The highest BCUT2D eigenvalue weighted by Gasteiger charge is 2.28. The van der Waals surface area contributed by atoms with Crippen LogP contribution >= 0.6 is 0 Å². The minimum absolute atomic E-state index is 0.117. The minimum Gasteiger partial charge on any atom is -0.478 e. The van der Waals surface area contributed by atoms with Gasteiger partial charge in [0, 0.05) is 11.6 Å². The molecule has 0 aromatic heterocycles. The lowest BCUT2D eigenvalue weighted by molar-refractivity contribution is -0.118. The van der Waals surface area contributed by atoms with Crippen molar-refractivity contribution in [1.29, 1.82) is 0 Å². The number of halogens is 1. The molecule has 1 aromatic rings. The number of hydrogen-bond acceptors (Lipinski definition) is 3. The van der Waals surface area contributed by atoms with Crippen LogP contribution in [0.1, 0.15) is 23.2 Å². The summed E-state index contributed by atoms with van der Waals surface area (Å²) in [4.78, 5) is 22.1. The van der Waals surface area contributed by atoms with E-state index in [0.29, 0.717) is 5.69 Å². The second-order valence-electron chi connectivity index (χ2n) is 4.09. The molecule has 0 heterocycles. The van der Waals surface area contributed by atoms with Gasteiger partial charge in [-0.15, -0.1) is 0 Å². The van der Waals surface area contributed by atoms with Crippen LogP contribution in [0.5, 0.6) is 0 Å². The number of hydrogen-bond donors (Lipinski definition) is 2. The zero-order valence-electron chi connectivity index (χ0n) is 9.07. The highest BCUT2D eigenvalue weighted by Crippen LogP contribution is 2.29. The number of carboxylic acids is 1. The van der Waals surface area contributed by atoms with E-state index in [9.17, 15) is 14.0 Å². The predicted octanol–water partition coefficient (Wildman–Crippen LogP) is 1.91. The molecule has 1 aliphatic rings. The molecule has 0 unspecified atom stereocenters. The van der Waals surface area contributed by atoms with E-state index in [1.54, 1.807) is 0 Å². The van der Waals surface area contributed by atoms with Crippen LogP contribution in [0.4, 0.5) is 10.1 Å². The molecule has 1 aromatic carbocycles. The number of Topliss-reactive ketones (excluding diaryl/α,β-unsaturated/α-hetero) is 1. The normalized spacial score (nSPS) is 14.4. The second kappa shape index (κ2) is 4.53. The van der Waals surface area contributed by atoms with Gasteiger partial charge in [0.15, 0.2) is 5.78 Å². The van der Waals surface area contributed by atoms with Gasteiger partial charge in [-0.25, -0.2) is 9.18 Å². The van der Waals surface area contributed by atoms with Gasteiger partial charge in [0.05, 0.1) is 12.1 Å². The van der Waals surface area contributed by atoms with Gasteiger partial charge in [0.2, 0.25) is 0 Å². The van der Waals surface area contributed by atoms with Gasteiger partial charge in [0.25, 0.3) is 0 Å². The van der Waals surface area contributed by atoms with Crippen LogP contribution in [-0.2, 0) is 4.79 Å². The molecule has 4 nitrogen and oxygen atoms in total. The molecule has 0 aliphatic heterocycles. The number of rotatable bonds is 5. The first kappa shape index (κ1) is 11.6. The molecule has 17 heavy (non-hydrogen) atoms. The molecular formula is C12H12FNO3. The highest BCUT2D eigenvalue weighted by molar-refractivity contribution is 5.90. The lowest BCUT2D eigenvalue weighted by Gasteiger charge is -2.06. The van der Waals surface area contributed by atoms with Gasteiger partial charge in [-0.3, -0.25) is 4.79 Å². The van der Waals surface area contributed by atoms with E-state index in [-0.39, 0.29) is 18.2 Å². The SMILES string of the molecule is O=C(O)c1cc(NCC(=O)C2CC2)ccc1F. The Morgan fingerprint density at radius 3 is 2.71 bits per heavy atom. The topological polar surface area (TPSA) is 66.4 Å². The zero-order chi connectivity index (χ0) is 12.4. The molecule has 1 fully saturated rings. The Labute approximate surface area is 97.4 Å². The Morgan fingerprint density at radius 1 is 1.41 bits per heavy atom. The summed E-state index contributed by atoms with van der Waals surface area (Å²) in [6, 6.07) is 3.69. The Hall–Kier alpha value is -1.91. The third-order valence-electron chi connectivity index (χ3n) is 2.70. The Kier molecular flexibility index (Phi) is 3.08. The molecule has 1 saturated carbocycles. The van der Waals surface area contributed by atoms with Crippen molar-refractivity contribution in [3.8, 4) is 0 Å². The summed E-state index contributed by atoms with van der Waals surface area (Å²) in [6.45, 7) is 0.162. The molecule has 0 amide bonds. The summed E-state index contributed by atoms with van der Waals surface area (Å²) in [7, 11) is 0. The molecule has 0 bridgehead atoms. The van der Waals surface area contributed by atoms with E-state index in [2.05, 4.69) is 5.32 Å². The highest BCUT2D eigenvalue weighted by atomic mass is 19.1. The third-order valence-corrected chi connectivity index (χ3v) is 2.70. The Balaban J connectivity index is 2.03. The van der Waals surface area contributed by atoms with Crippen LogP contribution in [0.15, 0.2) is 18.2 Å². The summed E-state index contributed by atoms with van der Waals surface area (Å²) in [5.41, 5.74) is 0.0478. The molecule has 0 saturated heterocycles. The summed E-state index contributed by atoms with van der Waals surface area (Å²) in [5.74, 6) is -1.83. The van der Waals surface area contributed by atoms with Crippen molar-refractivity contribution in [1.82, 2.24) is 0 Å². The minimum atomic E-state index is -1.32.